The standard InChI is InChI=1S/C18H15FN4O3/c1-10-17(23-8-11(19)3-6-15(23)20-10)18(25)21-12-4-5-14-13(7-12)22(2)16(24)9-26-14/h3-8H,9H2,1-2H3,(H,21,25). The lowest BCUT2D eigenvalue weighted by atomic mass is 10.2. The van der Waals surface area contributed by atoms with Crippen molar-refractivity contribution >= 4 is 28.8 Å². The normalized spacial score (nSPS) is 13.5. The molecular formula is C18H15FN4O3. The van der Waals surface area contributed by atoms with Crippen LogP contribution in [0.15, 0.2) is 36.5 Å². The highest BCUT2D eigenvalue weighted by Crippen LogP contribution is 2.33. The van der Waals surface area contributed by atoms with Crippen molar-refractivity contribution in [2.75, 3.05) is 23.9 Å². The van der Waals surface area contributed by atoms with E-state index in [4.69, 9.17) is 4.74 Å². The highest BCUT2D eigenvalue weighted by atomic mass is 19.1. The number of nitrogens with zero attached hydrogens (tertiary/aromatic N) is 3. The molecule has 7 nitrogen and oxygen atoms in total. The van der Waals surface area contributed by atoms with Crippen molar-refractivity contribution in [3.8, 4) is 5.75 Å². The van der Waals surface area contributed by atoms with Crippen LogP contribution in [0.3, 0.4) is 0 Å². The van der Waals surface area contributed by atoms with Gasteiger partial charge in [0.2, 0.25) is 0 Å². The first kappa shape index (κ1) is 16.1. The van der Waals surface area contributed by atoms with E-state index in [2.05, 4.69) is 10.3 Å². The van der Waals surface area contributed by atoms with Crippen LogP contribution < -0.4 is 15.0 Å². The molecular weight excluding hydrogens is 339 g/mol. The van der Waals surface area contributed by atoms with E-state index >= 15 is 0 Å². The van der Waals surface area contributed by atoms with Gasteiger partial charge in [-0.1, -0.05) is 0 Å². The van der Waals surface area contributed by atoms with Gasteiger partial charge in [0.15, 0.2) is 6.61 Å². The van der Waals surface area contributed by atoms with Crippen LogP contribution in [0, 0.1) is 12.7 Å². The second-order valence-corrected chi connectivity index (χ2v) is 6.00. The van der Waals surface area contributed by atoms with Crippen LogP contribution in [0.4, 0.5) is 15.8 Å². The first-order valence-electron chi connectivity index (χ1n) is 7.93. The first-order valence-corrected chi connectivity index (χ1v) is 7.93. The molecule has 1 aliphatic rings. The van der Waals surface area contributed by atoms with Gasteiger partial charge in [-0.2, -0.15) is 0 Å². The lowest BCUT2D eigenvalue weighted by Crippen LogP contribution is -2.35. The van der Waals surface area contributed by atoms with E-state index in [0.29, 0.717) is 28.5 Å². The third-order valence-electron chi connectivity index (χ3n) is 4.28. The molecule has 0 saturated heterocycles. The van der Waals surface area contributed by atoms with E-state index in [-0.39, 0.29) is 18.2 Å². The molecule has 0 fully saturated rings. The predicted molar refractivity (Wildman–Crippen MR) is 93.2 cm³/mol. The summed E-state index contributed by atoms with van der Waals surface area (Å²) in [4.78, 5) is 30.2. The molecule has 26 heavy (non-hydrogen) atoms. The van der Waals surface area contributed by atoms with Crippen LogP contribution in [-0.2, 0) is 4.79 Å². The number of anilines is 2. The van der Waals surface area contributed by atoms with E-state index in [1.807, 2.05) is 0 Å². The highest BCUT2D eigenvalue weighted by molar-refractivity contribution is 6.05. The Balaban J connectivity index is 1.68. The van der Waals surface area contributed by atoms with Gasteiger partial charge in [-0.3, -0.25) is 14.0 Å². The highest BCUT2D eigenvalue weighted by Gasteiger charge is 2.23. The van der Waals surface area contributed by atoms with Gasteiger partial charge in [0.25, 0.3) is 11.8 Å². The lowest BCUT2D eigenvalue weighted by Gasteiger charge is -2.26. The number of hydrogen-bond donors (Lipinski definition) is 1. The minimum atomic E-state index is -0.463. The van der Waals surface area contributed by atoms with Gasteiger partial charge in [0.05, 0.1) is 11.4 Å². The average Bonchev–Trinajstić information content (AvgIpc) is 2.93. The number of hydrogen-bond acceptors (Lipinski definition) is 4. The number of fused-ring (bicyclic) bond motifs is 2. The van der Waals surface area contributed by atoms with Crippen LogP contribution in [0.25, 0.3) is 5.65 Å². The van der Waals surface area contributed by atoms with E-state index in [9.17, 15) is 14.0 Å². The van der Waals surface area contributed by atoms with Gasteiger partial charge >= 0.3 is 0 Å². The molecule has 3 aromatic rings. The third kappa shape index (κ3) is 2.55. The maximum absolute atomic E-state index is 13.6. The molecule has 0 unspecified atom stereocenters. The zero-order chi connectivity index (χ0) is 18.4. The van der Waals surface area contributed by atoms with Crippen molar-refractivity contribution in [3.63, 3.8) is 0 Å². The number of amides is 2. The fourth-order valence-corrected chi connectivity index (χ4v) is 2.95. The summed E-state index contributed by atoms with van der Waals surface area (Å²) >= 11 is 0. The number of halogens is 1. The summed E-state index contributed by atoms with van der Waals surface area (Å²) < 4.78 is 20.3. The Kier molecular flexibility index (Phi) is 3.61. The second kappa shape index (κ2) is 5.83. The maximum Gasteiger partial charge on any atom is 0.274 e. The molecule has 0 spiro atoms. The van der Waals surface area contributed by atoms with E-state index in [0.717, 1.165) is 0 Å². The van der Waals surface area contributed by atoms with Crippen LogP contribution in [0.1, 0.15) is 16.2 Å². The van der Waals surface area contributed by atoms with Crippen molar-refractivity contribution in [1.82, 2.24) is 9.38 Å². The number of pyridine rings is 1. The molecule has 0 aliphatic carbocycles. The molecule has 132 valence electrons. The number of nitrogens with one attached hydrogen (secondary N) is 1. The van der Waals surface area contributed by atoms with Gasteiger partial charge in [-0.05, 0) is 37.3 Å². The van der Waals surface area contributed by atoms with Crippen molar-refractivity contribution in [2.24, 2.45) is 0 Å². The zero-order valence-electron chi connectivity index (χ0n) is 14.1. The molecule has 1 aliphatic heterocycles. The Hall–Kier alpha value is -3.42. The molecule has 0 radical (unpaired) electrons. The van der Waals surface area contributed by atoms with Gasteiger partial charge < -0.3 is 15.0 Å². The molecule has 2 aromatic heterocycles. The maximum atomic E-state index is 13.6. The van der Waals surface area contributed by atoms with E-state index in [1.165, 1.54) is 27.6 Å². The quantitative estimate of drug-likeness (QED) is 0.767. The largest absolute Gasteiger partial charge is 0.482 e. The Labute approximate surface area is 148 Å². The summed E-state index contributed by atoms with van der Waals surface area (Å²) in [6.45, 7) is 1.68. The second-order valence-electron chi connectivity index (χ2n) is 6.00. The summed E-state index contributed by atoms with van der Waals surface area (Å²) in [7, 11) is 1.65. The third-order valence-corrected chi connectivity index (χ3v) is 4.28. The van der Waals surface area contributed by atoms with Crippen LogP contribution >= 0.6 is 0 Å². The molecule has 0 saturated carbocycles. The Morgan fingerprint density at radius 3 is 2.92 bits per heavy atom. The summed E-state index contributed by atoms with van der Waals surface area (Å²) in [5.41, 5.74) is 2.28. The monoisotopic (exact) mass is 354 g/mol. The van der Waals surface area contributed by atoms with Gasteiger partial charge in [0, 0.05) is 18.9 Å². The fraction of sp³-hybridized carbons (Fsp3) is 0.167. The summed E-state index contributed by atoms with van der Waals surface area (Å²) in [6.07, 6.45) is 1.22. The number of benzene rings is 1. The van der Waals surface area contributed by atoms with Crippen molar-refractivity contribution in [1.29, 1.82) is 0 Å². The Morgan fingerprint density at radius 1 is 1.31 bits per heavy atom. The topological polar surface area (TPSA) is 75.9 Å². The first-order chi connectivity index (χ1) is 12.4. The van der Waals surface area contributed by atoms with Crippen molar-refractivity contribution < 1.29 is 18.7 Å². The van der Waals surface area contributed by atoms with Crippen LogP contribution in [-0.4, -0.2) is 34.9 Å². The number of ether oxygens (including phenoxy) is 1. The molecule has 2 amide bonds. The van der Waals surface area contributed by atoms with Crippen LogP contribution in [0.2, 0.25) is 0 Å². The van der Waals surface area contributed by atoms with E-state index < -0.39 is 11.7 Å². The van der Waals surface area contributed by atoms with E-state index in [1.54, 1.807) is 32.2 Å². The summed E-state index contributed by atoms with van der Waals surface area (Å²) in [5.74, 6) is -0.492. The molecule has 3 heterocycles. The molecule has 4 rings (SSSR count). The number of carbonyl (C=O) groups is 2. The molecule has 1 N–H and O–H groups in total. The number of imidazole rings is 1. The molecule has 8 heteroatoms. The van der Waals surface area contributed by atoms with Crippen LogP contribution in [0.5, 0.6) is 5.75 Å². The van der Waals surface area contributed by atoms with Gasteiger partial charge in [-0.15, -0.1) is 0 Å². The summed E-state index contributed by atoms with van der Waals surface area (Å²) in [5, 5.41) is 2.77. The number of aromatic nitrogens is 2. The minimum Gasteiger partial charge on any atom is -0.482 e. The lowest BCUT2D eigenvalue weighted by molar-refractivity contribution is -0.120. The SMILES string of the molecule is Cc1nc2ccc(F)cn2c1C(=O)Nc1ccc2c(c1)N(C)C(=O)CO2. The van der Waals surface area contributed by atoms with Gasteiger partial charge in [0.1, 0.15) is 22.9 Å². The number of likely N-dealkylation sites (N-methyl/N-ethyl adjacent to an activating group) is 1. The Morgan fingerprint density at radius 2 is 2.12 bits per heavy atom. The average molecular weight is 354 g/mol. The van der Waals surface area contributed by atoms with Crippen molar-refractivity contribution in [2.45, 2.75) is 6.92 Å². The zero-order valence-corrected chi connectivity index (χ0v) is 14.1. The smallest absolute Gasteiger partial charge is 0.274 e. The molecule has 0 bridgehead atoms. The Bertz CT molecular complexity index is 1060. The number of rotatable bonds is 2. The number of aryl methyl sites for hydroxylation is 1. The molecule has 1 aromatic carbocycles. The van der Waals surface area contributed by atoms with Gasteiger partial charge in [-0.25, -0.2) is 9.37 Å². The molecule has 0 atom stereocenters. The minimum absolute atomic E-state index is 0.0121. The predicted octanol–water partition coefficient (Wildman–Crippen LogP) is 2.39. The summed E-state index contributed by atoms with van der Waals surface area (Å²) in [6, 6.07) is 7.83. The number of carbonyl (C=O) groups excluding carboxylic acids is 2. The van der Waals surface area contributed by atoms with Crippen molar-refractivity contribution in [3.05, 3.63) is 53.7 Å². The fourth-order valence-electron chi connectivity index (χ4n) is 2.95.